The lowest BCUT2D eigenvalue weighted by atomic mass is 10.3. The van der Waals surface area contributed by atoms with Crippen molar-refractivity contribution in [1.29, 1.82) is 0 Å². The van der Waals surface area contributed by atoms with E-state index >= 15 is 0 Å². The molecule has 5 heteroatoms. The van der Waals surface area contributed by atoms with Crippen molar-refractivity contribution in [3.05, 3.63) is 35.5 Å². The van der Waals surface area contributed by atoms with Crippen LogP contribution in [0.2, 0.25) is 5.02 Å². The Balaban J connectivity index is 2.72. The molecule has 0 aromatic heterocycles. The van der Waals surface area contributed by atoms with Gasteiger partial charge in [-0.15, -0.1) is 0 Å². The molecule has 0 spiro atoms. The molecule has 86 valence electrons. The Morgan fingerprint density at radius 2 is 2.19 bits per heavy atom. The Labute approximate surface area is 98.8 Å². The molecule has 0 atom stereocenters. The summed E-state index contributed by atoms with van der Waals surface area (Å²) in [6.07, 6.45) is 2.71. The normalized spacial score (nSPS) is 10.2. The molecular formula is C11H12ClNO3. The summed E-state index contributed by atoms with van der Waals surface area (Å²) in [5.41, 5.74) is 0.654. The number of halogens is 1. The quantitative estimate of drug-likeness (QED) is 0.650. The zero-order valence-electron chi connectivity index (χ0n) is 8.99. The minimum absolute atomic E-state index is 0.438. The first kappa shape index (κ1) is 12.4. The Morgan fingerprint density at radius 3 is 2.81 bits per heavy atom. The van der Waals surface area contributed by atoms with E-state index in [1.54, 1.807) is 25.3 Å². The molecule has 0 bridgehead atoms. The van der Waals surface area contributed by atoms with Crippen LogP contribution in [0.3, 0.4) is 0 Å². The Morgan fingerprint density at radius 1 is 1.44 bits per heavy atom. The lowest BCUT2D eigenvalue weighted by Gasteiger charge is -2.06. The number of hydrogen-bond acceptors (Lipinski definition) is 4. The first-order valence-electron chi connectivity index (χ1n) is 4.52. The van der Waals surface area contributed by atoms with E-state index < -0.39 is 5.97 Å². The van der Waals surface area contributed by atoms with E-state index in [4.69, 9.17) is 16.3 Å². The minimum Gasteiger partial charge on any atom is -0.497 e. The summed E-state index contributed by atoms with van der Waals surface area (Å²) in [6, 6.07) is 5.18. The number of methoxy groups -OCH3 is 2. The summed E-state index contributed by atoms with van der Waals surface area (Å²) in [5, 5.41) is 3.40. The predicted molar refractivity (Wildman–Crippen MR) is 62.8 cm³/mol. The van der Waals surface area contributed by atoms with E-state index in [-0.39, 0.29) is 0 Å². The Hall–Kier alpha value is -1.68. The summed E-state index contributed by atoms with van der Waals surface area (Å²) < 4.78 is 9.48. The van der Waals surface area contributed by atoms with Crippen molar-refractivity contribution in [2.24, 2.45) is 0 Å². The van der Waals surface area contributed by atoms with Gasteiger partial charge in [0, 0.05) is 18.3 Å². The molecule has 1 aromatic carbocycles. The Kier molecular flexibility index (Phi) is 4.66. The minimum atomic E-state index is -0.438. The van der Waals surface area contributed by atoms with Crippen LogP contribution in [0.1, 0.15) is 0 Å². The fourth-order valence-corrected chi connectivity index (χ4v) is 1.18. The number of carbonyl (C=O) groups is 1. The van der Waals surface area contributed by atoms with Gasteiger partial charge in [0.2, 0.25) is 0 Å². The smallest absolute Gasteiger partial charge is 0.331 e. The molecule has 1 N–H and O–H groups in total. The number of carbonyl (C=O) groups excluding carboxylic acids is 1. The third-order valence-electron chi connectivity index (χ3n) is 1.83. The maximum Gasteiger partial charge on any atom is 0.331 e. The van der Waals surface area contributed by atoms with Gasteiger partial charge in [0.1, 0.15) is 5.75 Å². The van der Waals surface area contributed by atoms with Crippen LogP contribution in [0.15, 0.2) is 30.5 Å². The van der Waals surface area contributed by atoms with Crippen LogP contribution in [0.5, 0.6) is 5.75 Å². The number of anilines is 1. The summed E-state index contributed by atoms with van der Waals surface area (Å²) in [5.74, 6) is 0.241. The van der Waals surface area contributed by atoms with Crippen LogP contribution >= 0.6 is 11.6 Å². The summed E-state index contributed by atoms with van der Waals surface area (Å²) >= 11 is 5.93. The van der Waals surface area contributed by atoms with Crippen LogP contribution in [-0.4, -0.2) is 20.2 Å². The van der Waals surface area contributed by atoms with Gasteiger partial charge in [-0.05, 0) is 12.1 Å². The van der Waals surface area contributed by atoms with Crippen molar-refractivity contribution in [1.82, 2.24) is 0 Å². The standard InChI is InChI=1S/C11H12ClNO3/c1-15-8-3-4-9(12)10(7-8)13-6-5-11(14)16-2/h3-7,13H,1-2H3/b6-5+. The van der Waals surface area contributed by atoms with Crippen molar-refractivity contribution in [3.8, 4) is 5.75 Å². The molecule has 0 unspecified atom stereocenters. The van der Waals surface area contributed by atoms with Crippen molar-refractivity contribution >= 4 is 23.3 Å². The third-order valence-corrected chi connectivity index (χ3v) is 2.16. The van der Waals surface area contributed by atoms with Crippen LogP contribution in [0, 0.1) is 0 Å². The van der Waals surface area contributed by atoms with E-state index in [9.17, 15) is 4.79 Å². The number of esters is 1. The second-order valence-corrected chi connectivity index (χ2v) is 3.25. The van der Waals surface area contributed by atoms with Gasteiger partial charge in [0.25, 0.3) is 0 Å². The number of rotatable bonds is 4. The van der Waals surface area contributed by atoms with Crippen LogP contribution in [0.25, 0.3) is 0 Å². The molecule has 16 heavy (non-hydrogen) atoms. The summed E-state index contributed by atoms with van der Waals surface area (Å²) in [7, 11) is 2.88. The first-order valence-corrected chi connectivity index (χ1v) is 4.89. The monoisotopic (exact) mass is 241 g/mol. The van der Waals surface area contributed by atoms with Gasteiger partial charge in [0.05, 0.1) is 24.9 Å². The van der Waals surface area contributed by atoms with Crippen molar-refractivity contribution < 1.29 is 14.3 Å². The van der Waals surface area contributed by atoms with E-state index in [2.05, 4.69) is 10.1 Å². The lowest BCUT2D eigenvalue weighted by molar-refractivity contribution is -0.134. The number of ether oxygens (including phenoxy) is 2. The molecule has 0 aliphatic rings. The third kappa shape index (κ3) is 3.47. The molecule has 4 nitrogen and oxygen atoms in total. The molecule has 0 fully saturated rings. The van der Waals surface area contributed by atoms with Crippen molar-refractivity contribution in [2.75, 3.05) is 19.5 Å². The molecule has 1 rings (SSSR count). The molecule has 1 aromatic rings. The highest BCUT2D eigenvalue weighted by Gasteiger charge is 2.00. The molecule has 0 aliphatic heterocycles. The lowest BCUT2D eigenvalue weighted by Crippen LogP contribution is -1.97. The molecule has 0 saturated carbocycles. The van der Waals surface area contributed by atoms with E-state index in [1.165, 1.54) is 19.4 Å². The molecule has 0 heterocycles. The van der Waals surface area contributed by atoms with Gasteiger partial charge < -0.3 is 14.8 Å². The highest BCUT2D eigenvalue weighted by molar-refractivity contribution is 6.33. The molecule has 0 saturated heterocycles. The fraction of sp³-hybridized carbons (Fsp3) is 0.182. The van der Waals surface area contributed by atoms with E-state index in [0.29, 0.717) is 16.5 Å². The maximum atomic E-state index is 10.8. The van der Waals surface area contributed by atoms with Gasteiger partial charge >= 0.3 is 5.97 Å². The predicted octanol–water partition coefficient (Wildman–Crippen LogP) is 2.45. The van der Waals surface area contributed by atoms with Crippen LogP contribution in [0.4, 0.5) is 5.69 Å². The van der Waals surface area contributed by atoms with Crippen LogP contribution < -0.4 is 10.1 Å². The van der Waals surface area contributed by atoms with Crippen molar-refractivity contribution in [3.63, 3.8) is 0 Å². The number of nitrogens with one attached hydrogen (secondary N) is 1. The average Bonchev–Trinajstić information content (AvgIpc) is 2.31. The number of hydrogen-bond donors (Lipinski definition) is 1. The highest BCUT2D eigenvalue weighted by Crippen LogP contribution is 2.26. The van der Waals surface area contributed by atoms with Gasteiger partial charge in [-0.25, -0.2) is 4.79 Å². The average molecular weight is 242 g/mol. The second-order valence-electron chi connectivity index (χ2n) is 2.85. The molecule has 0 radical (unpaired) electrons. The summed E-state index contributed by atoms with van der Waals surface area (Å²) in [6.45, 7) is 0. The van der Waals surface area contributed by atoms with E-state index in [0.717, 1.165) is 0 Å². The van der Waals surface area contributed by atoms with Crippen molar-refractivity contribution in [2.45, 2.75) is 0 Å². The second kappa shape index (κ2) is 6.02. The van der Waals surface area contributed by atoms with Gasteiger partial charge in [-0.3, -0.25) is 0 Å². The van der Waals surface area contributed by atoms with Gasteiger partial charge in [-0.1, -0.05) is 11.6 Å². The molecule has 0 amide bonds. The van der Waals surface area contributed by atoms with Crippen LogP contribution in [-0.2, 0) is 9.53 Å². The highest BCUT2D eigenvalue weighted by atomic mass is 35.5. The molecular weight excluding hydrogens is 230 g/mol. The van der Waals surface area contributed by atoms with Gasteiger partial charge in [0.15, 0.2) is 0 Å². The first-order chi connectivity index (χ1) is 7.67. The van der Waals surface area contributed by atoms with Gasteiger partial charge in [-0.2, -0.15) is 0 Å². The zero-order valence-corrected chi connectivity index (χ0v) is 9.75. The van der Waals surface area contributed by atoms with E-state index in [1.807, 2.05) is 0 Å². The summed E-state index contributed by atoms with van der Waals surface area (Å²) in [4.78, 5) is 10.8. The molecule has 0 aliphatic carbocycles. The topological polar surface area (TPSA) is 47.6 Å². The maximum absolute atomic E-state index is 10.8. The number of benzene rings is 1. The SMILES string of the molecule is COC(=O)/C=C/Nc1cc(OC)ccc1Cl. The zero-order chi connectivity index (χ0) is 12.0. The fourth-order valence-electron chi connectivity index (χ4n) is 1.01. The Bertz CT molecular complexity index is 404. The largest absolute Gasteiger partial charge is 0.497 e.